The summed E-state index contributed by atoms with van der Waals surface area (Å²) in [6.07, 6.45) is 6.51. The monoisotopic (exact) mass is 287 g/mol. The predicted molar refractivity (Wildman–Crippen MR) is 80.1 cm³/mol. The fraction of sp³-hybridized carbons (Fsp3) is 1.00. The molecule has 0 N–H and O–H groups in total. The van der Waals surface area contributed by atoms with E-state index in [1.54, 1.807) is 6.92 Å². The molecule has 0 aromatic rings. The molecule has 0 aromatic heterocycles. The van der Waals surface area contributed by atoms with E-state index in [9.17, 15) is 8.78 Å². The van der Waals surface area contributed by atoms with Crippen molar-refractivity contribution in [3.05, 3.63) is 0 Å². The van der Waals surface area contributed by atoms with Gasteiger partial charge in [-0.25, -0.2) is 8.78 Å². The summed E-state index contributed by atoms with van der Waals surface area (Å²) < 4.78 is 27.8. The number of hydrogen-bond donors (Lipinski definition) is 0. The average molecular weight is 287 g/mol. The first-order valence-electron chi connectivity index (χ1n) is 8.42. The molecule has 0 bridgehead atoms. The van der Waals surface area contributed by atoms with E-state index in [1.165, 1.54) is 12.8 Å². The van der Waals surface area contributed by atoms with Crippen molar-refractivity contribution in [1.82, 2.24) is 4.90 Å². The molecule has 0 aliphatic heterocycles. The molecule has 2 atom stereocenters. The Kier molecular flexibility index (Phi) is 5.09. The van der Waals surface area contributed by atoms with Crippen LogP contribution in [0.15, 0.2) is 0 Å². The van der Waals surface area contributed by atoms with E-state index in [1.807, 2.05) is 0 Å². The fourth-order valence-electron chi connectivity index (χ4n) is 4.37. The van der Waals surface area contributed by atoms with Gasteiger partial charge in [0.25, 0.3) is 5.92 Å². The topological polar surface area (TPSA) is 3.24 Å². The minimum atomic E-state index is -2.42. The van der Waals surface area contributed by atoms with Crippen molar-refractivity contribution >= 4 is 0 Å². The Morgan fingerprint density at radius 1 is 1.05 bits per heavy atom. The van der Waals surface area contributed by atoms with Crippen molar-refractivity contribution in [1.29, 1.82) is 0 Å². The first-order chi connectivity index (χ1) is 9.33. The van der Waals surface area contributed by atoms with E-state index in [0.29, 0.717) is 24.4 Å². The standard InChI is InChI=1S/C17H31F2N/c1-12(2)20(4)15-9-7-14(8-10-15)16-6-5-11-17(18,19)13(16)3/h12-16H,5-11H2,1-4H3/t13-,14?,15?,16+/m1/s1. The molecular weight excluding hydrogens is 256 g/mol. The van der Waals surface area contributed by atoms with Crippen molar-refractivity contribution in [3.63, 3.8) is 0 Å². The van der Waals surface area contributed by atoms with E-state index in [4.69, 9.17) is 0 Å². The summed E-state index contributed by atoms with van der Waals surface area (Å²) >= 11 is 0. The van der Waals surface area contributed by atoms with Crippen LogP contribution in [0.25, 0.3) is 0 Å². The van der Waals surface area contributed by atoms with E-state index in [0.717, 1.165) is 19.3 Å². The summed E-state index contributed by atoms with van der Waals surface area (Å²) in [5.41, 5.74) is 0. The molecule has 118 valence electrons. The fourth-order valence-corrected chi connectivity index (χ4v) is 4.37. The van der Waals surface area contributed by atoms with Gasteiger partial charge in [-0.05, 0) is 71.3 Å². The summed E-state index contributed by atoms with van der Waals surface area (Å²) in [4.78, 5) is 2.45. The molecule has 0 unspecified atom stereocenters. The molecular formula is C17H31F2N. The molecule has 2 fully saturated rings. The number of alkyl halides is 2. The molecule has 1 nitrogen and oxygen atoms in total. The van der Waals surface area contributed by atoms with Crippen LogP contribution < -0.4 is 0 Å². The zero-order valence-electron chi connectivity index (χ0n) is 13.5. The lowest BCUT2D eigenvalue weighted by atomic mass is 9.66. The van der Waals surface area contributed by atoms with E-state index in [-0.39, 0.29) is 12.3 Å². The lowest BCUT2D eigenvalue weighted by molar-refractivity contribution is -0.116. The molecule has 20 heavy (non-hydrogen) atoms. The third-order valence-corrected chi connectivity index (χ3v) is 6.09. The highest BCUT2D eigenvalue weighted by Crippen LogP contribution is 2.48. The highest BCUT2D eigenvalue weighted by Gasteiger charge is 2.46. The Hall–Kier alpha value is -0.180. The average Bonchev–Trinajstić information content (AvgIpc) is 2.41. The second-order valence-electron chi connectivity index (χ2n) is 7.43. The number of rotatable bonds is 3. The Morgan fingerprint density at radius 3 is 2.20 bits per heavy atom. The third-order valence-electron chi connectivity index (χ3n) is 6.09. The van der Waals surface area contributed by atoms with Crippen LogP contribution in [0.4, 0.5) is 8.78 Å². The molecule has 3 heteroatoms. The Labute approximate surface area is 123 Å². The maximum atomic E-state index is 13.9. The Morgan fingerprint density at radius 2 is 1.65 bits per heavy atom. The van der Waals surface area contributed by atoms with Gasteiger partial charge in [-0.3, -0.25) is 0 Å². The van der Waals surface area contributed by atoms with Gasteiger partial charge in [-0.15, -0.1) is 0 Å². The predicted octanol–water partition coefficient (Wildman–Crippen LogP) is 4.96. The van der Waals surface area contributed by atoms with Gasteiger partial charge in [0.15, 0.2) is 0 Å². The second-order valence-corrected chi connectivity index (χ2v) is 7.43. The van der Waals surface area contributed by atoms with Crippen molar-refractivity contribution in [3.8, 4) is 0 Å². The molecule has 2 aliphatic rings. The van der Waals surface area contributed by atoms with Crippen molar-refractivity contribution < 1.29 is 8.78 Å². The molecule has 0 saturated heterocycles. The molecule has 2 aliphatic carbocycles. The van der Waals surface area contributed by atoms with Gasteiger partial charge in [0.2, 0.25) is 0 Å². The zero-order chi connectivity index (χ0) is 14.9. The van der Waals surface area contributed by atoms with Crippen LogP contribution in [0, 0.1) is 17.8 Å². The van der Waals surface area contributed by atoms with Gasteiger partial charge in [0.05, 0.1) is 0 Å². The van der Waals surface area contributed by atoms with Crippen LogP contribution in [0.1, 0.15) is 65.7 Å². The van der Waals surface area contributed by atoms with Crippen molar-refractivity contribution in [2.24, 2.45) is 17.8 Å². The smallest absolute Gasteiger partial charge is 0.250 e. The summed E-state index contributed by atoms with van der Waals surface area (Å²) in [5.74, 6) is -2.05. The van der Waals surface area contributed by atoms with Gasteiger partial charge in [0.1, 0.15) is 0 Å². The van der Waals surface area contributed by atoms with E-state index in [2.05, 4.69) is 25.8 Å². The molecule has 0 amide bonds. The van der Waals surface area contributed by atoms with Crippen LogP contribution in [0.3, 0.4) is 0 Å². The van der Waals surface area contributed by atoms with Gasteiger partial charge in [0, 0.05) is 24.4 Å². The summed E-state index contributed by atoms with van der Waals surface area (Å²) in [6.45, 7) is 6.25. The van der Waals surface area contributed by atoms with Crippen molar-refractivity contribution in [2.45, 2.75) is 83.7 Å². The highest BCUT2D eigenvalue weighted by atomic mass is 19.3. The maximum Gasteiger partial charge on any atom is 0.250 e. The summed E-state index contributed by atoms with van der Waals surface area (Å²) in [5, 5.41) is 0. The van der Waals surface area contributed by atoms with Gasteiger partial charge in [-0.1, -0.05) is 6.92 Å². The quantitative estimate of drug-likeness (QED) is 0.709. The molecule has 0 radical (unpaired) electrons. The van der Waals surface area contributed by atoms with Crippen LogP contribution in [0.2, 0.25) is 0 Å². The van der Waals surface area contributed by atoms with Crippen LogP contribution >= 0.6 is 0 Å². The summed E-state index contributed by atoms with van der Waals surface area (Å²) in [6, 6.07) is 1.24. The first-order valence-corrected chi connectivity index (χ1v) is 8.42. The highest BCUT2D eigenvalue weighted by molar-refractivity contribution is 4.91. The number of hydrogen-bond acceptors (Lipinski definition) is 1. The molecule has 2 saturated carbocycles. The normalized spacial score (nSPS) is 38.4. The van der Waals surface area contributed by atoms with E-state index < -0.39 is 11.8 Å². The van der Waals surface area contributed by atoms with Crippen LogP contribution in [0.5, 0.6) is 0 Å². The minimum absolute atomic E-state index is 0.107. The SMILES string of the molecule is CC(C)N(C)C1CCC([C@H]2CCCC(F)(F)[C@@H]2C)CC1. The van der Waals surface area contributed by atoms with Crippen LogP contribution in [-0.4, -0.2) is 30.0 Å². The number of nitrogens with zero attached hydrogens (tertiary/aromatic N) is 1. The lowest BCUT2D eigenvalue weighted by Gasteiger charge is -2.44. The molecule has 0 heterocycles. The molecule has 0 spiro atoms. The van der Waals surface area contributed by atoms with E-state index >= 15 is 0 Å². The maximum absolute atomic E-state index is 13.9. The summed E-state index contributed by atoms with van der Waals surface area (Å²) in [7, 11) is 2.20. The zero-order valence-corrected chi connectivity index (χ0v) is 13.5. The lowest BCUT2D eigenvalue weighted by Crippen LogP contribution is -2.43. The molecule has 0 aromatic carbocycles. The molecule has 2 rings (SSSR count). The number of halogens is 2. The van der Waals surface area contributed by atoms with Gasteiger partial charge in [-0.2, -0.15) is 0 Å². The van der Waals surface area contributed by atoms with Crippen LogP contribution in [-0.2, 0) is 0 Å². The van der Waals surface area contributed by atoms with Gasteiger partial charge >= 0.3 is 0 Å². The first kappa shape index (κ1) is 16.2. The van der Waals surface area contributed by atoms with Gasteiger partial charge < -0.3 is 4.90 Å². The Balaban J connectivity index is 1.90. The van der Waals surface area contributed by atoms with Crippen molar-refractivity contribution in [2.75, 3.05) is 7.05 Å². The largest absolute Gasteiger partial charge is 0.301 e. The Bertz CT molecular complexity index is 308. The third kappa shape index (κ3) is 3.35. The minimum Gasteiger partial charge on any atom is -0.301 e. The second kappa shape index (κ2) is 6.29.